The van der Waals surface area contributed by atoms with Crippen molar-refractivity contribution in [3.63, 3.8) is 0 Å². The third-order valence-electron chi connectivity index (χ3n) is 6.67. The van der Waals surface area contributed by atoms with Crippen LogP contribution in [0.5, 0.6) is 0 Å². The zero-order valence-corrected chi connectivity index (χ0v) is 20.4. The average molecular weight is 472 g/mol. The molecular weight excluding hydrogens is 442 g/mol. The van der Waals surface area contributed by atoms with Crippen molar-refractivity contribution in [3.8, 4) is 0 Å². The van der Waals surface area contributed by atoms with E-state index in [2.05, 4.69) is 23.9 Å². The number of aryl methyl sites for hydroxylation is 1. The maximum absolute atomic E-state index is 13.1. The molecule has 1 aromatic heterocycles. The second-order valence-corrected chi connectivity index (χ2v) is 12.9. The van der Waals surface area contributed by atoms with Crippen LogP contribution in [0.3, 0.4) is 0 Å². The second-order valence-electron chi connectivity index (χ2n) is 9.68. The molecule has 0 saturated heterocycles. The topological polar surface area (TPSA) is 75.8 Å². The van der Waals surface area contributed by atoms with Crippen LogP contribution in [0.2, 0.25) is 0 Å². The summed E-state index contributed by atoms with van der Waals surface area (Å²) in [7, 11) is -3.97. The smallest absolute Gasteiger partial charge is 0.216 e. The molecule has 1 N–H and O–H groups in total. The largest absolute Gasteiger partial charge is 0.385 e. The normalized spacial score (nSPS) is 17.1. The number of ketones is 1. The quantitative estimate of drug-likeness (QED) is 0.543. The van der Waals surface area contributed by atoms with Crippen LogP contribution >= 0.6 is 11.3 Å². The zero-order valence-electron chi connectivity index (χ0n) is 18.8. The van der Waals surface area contributed by atoms with Gasteiger partial charge in [0.25, 0.3) is 0 Å². The van der Waals surface area contributed by atoms with Crippen LogP contribution in [0.1, 0.15) is 73.1 Å². The standard InChI is InChI=1S/C25H29NO4S2/c1-15(16-8-9-16)19-11-10-17-6-5-7-20(17)21(19)12-18(27)14-32(29,30)24-22(26-4)13-23(31-24)25(2,3)28/h10-11,13,15-16,28H,5-9,12,14H2,1-3H3/t15-/m0/s1. The number of sulfone groups is 1. The minimum Gasteiger partial charge on any atom is -0.385 e. The maximum atomic E-state index is 13.1. The van der Waals surface area contributed by atoms with E-state index < -0.39 is 21.2 Å². The molecule has 4 rings (SSSR count). The molecule has 7 heteroatoms. The van der Waals surface area contributed by atoms with Crippen molar-refractivity contribution < 1.29 is 18.3 Å². The van der Waals surface area contributed by atoms with Gasteiger partial charge in [-0.2, -0.15) is 0 Å². The SMILES string of the molecule is [C-]#[N+]c1cc(C(C)(C)O)sc1S(=O)(=O)CC(=O)Cc1c([C@@H](C)C2CC2)ccc2c1CCC2. The Morgan fingerprint density at radius 3 is 2.66 bits per heavy atom. The minimum absolute atomic E-state index is 0.0245. The number of Topliss-reactive ketones (excluding diaryl/α,β-unsaturated/α-hetero) is 1. The molecule has 1 heterocycles. The van der Waals surface area contributed by atoms with Gasteiger partial charge < -0.3 is 5.11 Å². The van der Waals surface area contributed by atoms with Crippen LogP contribution in [0.25, 0.3) is 4.85 Å². The summed E-state index contributed by atoms with van der Waals surface area (Å²) in [6.45, 7) is 12.7. The Bertz CT molecular complexity index is 1210. The lowest BCUT2D eigenvalue weighted by atomic mass is 9.86. The molecule has 2 aromatic rings. The molecule has 0 aliphatic heterocycles. The number of aliphatic hydroxyl groups is 1. The van der Waals surface area contributed by atoms with Crippen molar-refractivity contribution in [2.45, 2.75) is 75.0 Å². The lowest BCUT2D eigenvalue weighted by Gasteiger charge is -2.19. The molecule has 2 aliphatic carbocycles. The Balaban J connectivity index is 1.62. The fourth-order valence-electron chi connectivity index (χ4n) is 4.74. The van der Waals surface area contributed by atoms with Gasteiger partial charge in [0.05, 0.1) is 12.2 Å². The molecule has 0 unspecified atom stereocenters. The van der Waals surface area contributed by atoms with Crippen molar-refractivity contribution in [3.05, 3.63) is 56.7 Å². The van der Waals surface area contributed by atoms with Crippen molar-refractivity contribution in [1.82, 2.24) is 0 Å². The highest BCUT2D eigenvalue weighted by molar-refractivity contribution is 7.94. The van der Waals surface area contributed by atoms with Gasteiger partial charge in [0, 0.05) is 11.3 Å². The van der Waals surface area contributed by atoms with Crippen LogP contribution in [-0.4, -0.2) is 25.1 Å². The number of nitrogens with zero attached hydrogens (tertiary/aromatic N) is 1. The third kappa shape index (κ3) is 4.54. The molecule has 0 bridgehead atoms. The van der Waals surface area contributed by atoms with E-state index >= 15 is 0 Å². The van der Waals surface area contributed by atoms with E-state index in [0.717, 1.165) is 36.2 Å². The number of fused-ring (bicyclic) bond motifs is 1. The van der Waals surface area contributed by atoms with E-state index in [1.54, 1.807) is 13.8 Å². The average Bonchev–Trinajstić information content (AvgIpc) is 3.25. The predicted octanol–water partition coefficient (Wildman–Crippen LogP) is 5.11. The van der Waals surface area contributed by atoms with Gasteiger partial charge in [-0.1, -0.05) is 19.1 Å². The van der Waals surface area contributed by atoms with E-state index in [9.17, 15) is 18.3 Å². The van der Waals surface area contributed by atoms with Crippen molar-refractivity contribution in [2.24, 2.45) is 5.92 Å². The summed E-state index contributed by atoms with van der Waals surface area (Å²) in [5, 5.41) is 10.2. The lowest BCUT2D eigenvalue weighted by Crippen LogP contribution is -2.19. The number of hydrogen-bond donors (Lipinski definition) is 1. The van der Waals surface area contributed by atoms with E-state index in [0.29, 0.717) is 16.7 Å². The van der Waals surface area contributed by atoms with Gasteiger partial charge in [0.2, 0.25) is 5.69 Å². The molecule has 32 heavy (non-hydrogen) atoms. The van der Waals surface area contributed by atoms with Gasteiger partial charge in [0.1, 0.15) is 9.96 Å². The first kappa shape index (κ1) is 23.2. The number of thiophene rings is 1. The fourth-order valence-corrected chi connectivity index (χ4v) is 7.60. The zero-order chi connectivity index (χ0) is 23.3. The van der Waals surface area contributed by atoms with Crippen molar-refractivity contribution in [1.29, 1.82) is 0 Å². The van der Waals surface area contributed by atoms with Crippen molar-refractivity contribution in [2.75, 3.05) is 5.75 Å². The Morgan fingerprint density at radius 1 is 1.31 bits per heavy atom. The van der Waals surface area contributed by atoms with Gasteiger partial charge >= 0.3 is 0 Å². The molecule has 1 saturated carbocycles. The first-order valence-electron chi connectivity index (χ1n) is 11.1. The van der Waals surface area contributed by atoms with Gasteiger partial charge in [-0.15, -0.1) is 11.3 Å². The third-order valence-corrected chi connectivity index (χ3v) is 10.4. The van der Waals surface area contributed by atoms with Gasteiger partial charge in [-0.3, -0.25) is 4.79 Å². The van der Waals surface area contributed by atoms with Gasteiger partial charge in [-0.05, 0) is 86.1 Å². The summed E-state index contributed by atoms with van der Waals surface area (Å²) in [6.07, 6.45) is 5.56. The molecule has 0 radical (unpaired) electrons. The Kier molecular flexibility index (Phi) is 6.08. The number of hydrogen-bond acceptors (Lipinski definition) is 5. The Morgan fingerprint density at radius 2 is 2.03 bits per heavy atom. The van der Waals surface area contributed by atoms with Crippen LogP contribution in [-0.2, 0) is 39.5 Å². The van der Waals surface area contributed by atoms with Gasteiger partial charge in [-0.25, -0.2) is 13.3 Å². The van der Waals surface area contributed by atoms with E-state index in [4.69, 9.17) is 6.57 Å². The van der Waals surface area contributed by atoms with Crippen LogP contribution in [0.4, 0.5) is 5.69 Å². The van der Waals surface area contributed by atoms with E-state index in [1.807, 2.05) is 0 Å². The van der Waals surface area contributed by atoms with Crippen LogP contribution in [0, 0.1) is 12.5 Å². The first-order chi connectivity index (χ1) is 15.0. The highest BCUT2D eigenvalue weighted by atomic mass is 32.2. The maximum Gasteiger partial charge on any atom is 0.216 e. The Labute approximate surface area is 194 Å². The summed E-state index contributed by atoms with van der Waals surface area (Å²) in [4.78, 5) is 16.8. The summed E-state index contributed by atoms with van der Waals surface area (Å²) < 4.78 is 26.1. The van der Waals surface area contributed by atoms with E-state index in [1.165, 1.54) is 35.6 Å². The summed E-state index contributed by atoms with van der Waals surface area (Å²) in [5.41, 5.74) is 3.48. The highest BCUT2D eigenvalue weighted by Gasteiger charge is 2.33. The molecular formula is C25H29NO4S2. The van der Waals surface area contributed by atoms with Gasteiger partial charge in [0.15, 0.2) is 15.6 Å². The number of carbonyl (C=O) groups excluding carboxylic acids is 1. The molecule has 2 aliphatic rings. The number of benzene rings is 1. The molecule has 5 nitrogen and oxygen atoms in total. The van der Waals surface area contributed by atoms with E-state index in [-0.39, 0.29) is 22.1 Å². The van der Waals surface area contributed by atoms with Crippen LogP contribution < -0.4 is 0 Å². The molecule has 1 atom stereocenters. The predicted molar refractivity (Wildman–Crippen MR) is 126 cm³/mol. The molecule has 1 aromatic carbocycles. The molecule has 0 spiro atoms. The number of carbonyl (C=O) groups is 1. The summed E-state index contributed by atoms with van der Waals surface area (Å²) >= 11 is 0.883. The second kappa shape index (κ2) is 8.40. The number of rotatable bonds is 8. The molecule has 170 valence electrons. The molecule has 0 amide bonds. The highest BCUT2D eigenvalue weighted by Crippen LogP contribution is 2.45. The van der Waals surface area contributed by atoms with Crippen LogP contribution in [0.15, 0.2) is 22.4 Å². The lowest BCUT2D eigenvalue weighted by molar-refractivity contribution is -0.116. The summed E-state index contributed by atoms with van der Waals surface area (Å²) in [6, 6.07) is 5.75. The van der Waals surface area contributed by atoms with Crippen molar-refractivity contribution >= 4 is 32.6 Å². The monoisotopic (exact) mass is 471 g/mol. The fraction of sp³-hybridized carbons (Fsp3) is 0.520. The summed E-state index contributed by atoms with van der Waals surface area (Å²) in [5.74, 6) is 0.0615. The molecule has 1 fully saturated rings. The minimum atomic E-state index is -3.97. The first-order valence-corrected chi connectivity index (χ1v) is 13.6. The Hall–Kier alpha value is -2.01.